The van der Waals surface area contributed by atoms with Crippen LogP contribution in [0.25, 0.3) is 22.4 Å². The first-order valence-corrected chi connectivity index (χ1v) is 16.9. The van der Waals surface area contributed by atoms with Crippen LogP contribution >= 0.6 is 23.2 Å². The Balaban J connectivity index is 1.25. The van der Waals surface area contributed by atoms with Gasteiger partial charge in [0.15, 0.2) is 5.78 Å². The minimum atomic E-state index is -0.604. The molecule has 10 heteroatoms. The normalized spacial score (nSPS) is 19.2. The largest absolute Gasteiger partial charge is 0.496 e. The molecule has 8 nitrogen and oxygen atoms in total. The molecule has 2 aromatic heterocycles. The summed E-state index contributed by atoms with van der Waals surface area (Å²) < 4.78 is 11.3. The van der Waals surface area contributed by atoms with Crippen LogP contribution in [0.15, 0.2) is 48.7 Å². The molecule has 1 fully saturated rings. The molecule has 246 valence electrons. The minimum absolute atomic E-state index is 0.0815. The second kappa shape index (κ2) is 13.9. The summed E-state index contributed by atoms with van der Waals surface area (Å²) in [6.45, 7) is 6.67. The summed E-state index contributed by atoms with van der Waals surface area (Å²) in [5.74, 6) is 1.36. The molecule has 2 aliphatic rings. The number of rotatable bonds is 11. The van der Waals surface area contributed by atoms with E-state index in [-0.39, 0.29) is 12.2 Å². The van der Waals surface area contributed by atoms with Crippen molar-refractivity contribution in [1.82, 2.24) is 19.9 Å². The number of aromatic nitrogens is 3. The number of fused-ring (bicyclic) bond motifs is 1. The molecule has 0 radical (unpaired) electrons. The van der Waals surface area contributed by atoms with Crippen molar-refractivity contribution >= 4 is 29.0 Å². The first-order valence-electron chi connectivity index (χ1n) is 16.1. The van der Waals surface area contributed by atoms with Gasteiger partial charge in [-0.25, -0.2) is 9.97 Å². The topological polar surface area (TPSA) is 97.7 Å². The maximum absolute atomic E-state index is 13.6. The summed E-state index contributed by atoms with van der Waals surface area (Å²) in [6, 6.07) is 13.1. The number of hydrogen-bond donors (Lipinski definition) is 1. The molecule has 0 atom stereocenters. The van der Waals surface area contributed by atoms with E-state index in [1.807, 2.05) is 43.3 Å². The fourth-order valence-electron chi connectivity index (χ4n) is 6.95. The molecule has 47 heavy (non-hydrogen) atoms. The number of carbonyl (C=O) groups is 1. The van der Waals surface area contributed by atoms with Crippen LogP contribution in [0.5, 0.6) is 11.6 Å². The first-order chi connectivity index (χ1) is 22.6. The summed E-state index contributed by atoms with van der Waals surface area (Å²) in [5.41, 5.74) is 5.88. The third kappa shape index (κ3) is 7.02. The molecule has 0 saturated heterocycles. The molecule has 1 N–H and O–H groups in total. The number of ketones is 1. The van der Waals surface area contributed by atoms with Gasteiger partial charge < -0.3 is 14.6 Å². The molecule has 0 amide bonds. The molecule has 2 aromatic carbocycles. The highest BCUT2D eigenvalue weighted by atomic mass is 35.5. The summed E-state index contributed by atoms with van der Waals surface area (Å²) in [6.07, 6.45) is 5.85. The van der Waals surface area contributed by atoms with Gasteiger partial charge in [-0.1, -0.05) is 66.5 Å². The molecule has 0 unspecified atom stereocenters. The number of aliphatic hydroxyl groups is 1. The van der Waals surface area contributed by atoms with Gasteiger partial charge in [-0.05, 0) is 57.1 Å². The van der Waals surface area contributed by atoms with E-state index < -0.39 is 5.60 Å². The second-order valence-corrected chi connectivity index (χ2v) is 13.6. The number of ether oxygens (including phenoxy) is 2. The Kier molecular flexibility index (Phi) is 9.85. The lowest BCUT2D eigenvalue weighted by Crippen LogP contribution is -2.41. The number of benzene rings is 2. The van der Waals surface area contributed by atoms with Crippen molar-refractivity contribution in [3.05, 3.63) is 86.9 Å². The molecule has 0 spiro atoms. The van der Waals surface area contributed by atoms with Crippen molar-refractivity contribution in [2.24, 2.45) is 5.92 Å². The average Bonchev–Trinajstić information content (AvgIpc) is 3.05. The van der Waals surface area contributed by atoms with E-state index in [1.165, 1.54) is 0 Å². The number of carbonyl (C=O) groups excluding carboxylic acids is 1. The zero-order chi connectivity index (χ0) is 33.3. The molecule has 1 saturated carbocycles. The third-order valence-electron chi connectivity index (χ3n) is 9.20. The monoisotopic (exact) mass is 674 g/mol. The van der Waals surface area contributed by atoms with Gasteiger partial charge in [-0.3, -0.25) is 14.7 Å². The van der Waals surface area contributed by atoms with E-state index in [4.69, 9.17) is 42.6 Å². The number of nitrogens with zero attached hydrogens (tertiary/aromatic N) is 4. The zero-order valence-corrected chi connectivity index (χ0v) is 28.8. The maximum atomic E-state index is 13.6. The van der Waals surface area contributed by atoms with Gasteiger partial charge in [0.05, 0.1) is 47.5 Å². The van der Waals surface area contributed by atoms with Gasteiger partial charge in [-0.15, -0.1) is 0 Å². The maximum Gasteiger partial charge on any atom is 0.235 e. The molecular weight excluding hydrogens is 635 g/mol. The lowest BCUT2D eigenvalue weighted by atomic mass is 9.70. The first kappa shape index (κ1) is 33.3. The summed E-state index contributed by atoms with van der Waals surface area (Å²) >= 11 is 14.0. The van der Waals surface area contributed by atoms with E-state index >= 15 is 0 Å². The quantitative estimate of drug-likeness (QED) is 0.164. The molecule has 0 bridgehead atoms. The highest BCUT2D eigenvalue weighted by molar-refractivity contribution is 6.38. The van der Waals surface area contributed by atoms with E-state index in [0.717, 1.165) is 61.3 Å². The Labute approximate surface area is 286 Å². The number of methoxy groups -OCH3 is 2. The van der Waals surface area contributed by atoms with E-state index in [1.54, 1.807) is 26.5 Å². The fourth-order valence-corrected chi connectivity index (χ4v) is 7.57. The van der Waals surface area contributed by atoms with E-state index in [9.17, 15) is 9.90 Å². The Morgan fingerprint density at radius 3 is 2.47 bits per heavy atom. The molecule has 4 aromatic rings. The van der Waals surface area contributed by atoms with E-state index in [2.05, 4.69) is 16.8 Å². The van der Waals surface area contributed by atoms with Crippen molar-refractivity contribution in [2.45, 2.75) is 64.5 Å². The Bertz CT molecular complexity index is 1800. The number of pyridine rings is 1. The molecule has 6 rings (SSSR count). The van der Waals surface area contributed by atoms with Crippen LogP contribution in [0.3, 0.4) is 0 Å². The van der Waals surface area contributed by atoms with Crippen LogP contribution in [0, 0.1) is 5.92 Å². The van der Waals surface area contributed by atoms with Crippen molar-refractivity contribution in [3.63, 3.8) is 0 Å². The van der Waals surface area contributed by atoms with Crippen molar-refractivity contribution in [1.29, 1.82) is 0 Å². The zero-order valence-electron chi connectivity index (χ0n) is 27.3. The molecule has 1 aliphatic heterocycles. The molecular formula is C37H40Cl2N4O4. The SMILES string of the molecule is CCCN1CCc2c(OC)cc(C(=O)Cc3cccc(-c4cccc(-c5cnc(CC6CC(C)(O)C6)c(OC)n5)c4Cl)c3Cl)nc2C1. The fraction of sp³-hybridized carbons (Fsp3) is 0.405. The summed E-state index contributed by atoms with van der Waals surface area (Å²) in [4.78, 5) is 30.2. The van der Waals surface area contributed by atoms with Crippen molar-refractivity contribution in [2.75, 3.05) is 27.3 Å². The third-order valence-corrected chi connectivity index (χ3v) is 10.1. The van der Waals surface area contributed by atoms with Crippen molar-refractivity contribution < 1.29 is 19.4 Å². The number of Topliss-reactive ketones (excluding diaryl/α,β-unsaturated/α-hetero) is 1. The van der Waals surface area contributed by atoms with Gasteiger partial charge in [0.2, 0.25) is 5.88 Å². The Morgan fingerprint density at radius 2 is 1.77 bits per heavy atom. The van der Waals surface area contributed by atoms with Gasteiger partial charge in [-0.2, -0.15) is 0 Å². The van der Waals surface area contributed by atoms with Gasteiger partial charge in [0, 0.05) is 47.8 Å². The van der Waals surface area contributed by atoms with Gasteiger partial charge in [0.1, 0.15) is 17.1 Å². The predicted molar refractivity (Wildman–Crippen MR) is 185 cm³/mol. The highest BCUT2D eigenvalue weighted by Crippen LogP contribution is 2.42. The lowest BCUT2D eigenvalue weighted by molar-refractivity contribution is -0.0569. The molecule has 3 heterocycles. The summed E-state index contributed by atoms with van der Waals surface area (Å²) in [5, 5.41) is 11.0. The number of hydrogen-bond acceptors (Lipinski definition) is 8. The van der Waals surface area contributed by atoms with Crippen LogP contribution in [-0.4, -0.2) is 63.7 Å². The smallest absolute Gasteiger partial charge is 0.235 e. The van der Waals surface area contributed by atoms with Crippen LogP contribution in [0.1, 0.15) is 66.1 Å². The Morgan fingerprint density at radius 1 is 1.04 bits per heavy atom. The standard InChI is InChI=1S/C37H40Cl2N4O4/c1-5-13-43-14-12-26-31(21-43)41-28(17-33(26)46-3)32(44)16-23-8-6-9-24(34(23)38)25-10-7-11-27(35(25)39)30-20-40-29(36(42-30)47-4)15-22-18-37(2,45)19-22/h6-11,17,20,22,45H,5,12-16,18-19,21H2,1-4H3. The average molecular weight is 676 g/mol. The van der Waals surface area contributed by atoms with Crippen LogP contribution in [0.2, 0.25) is 10.0 Å². The minimum Gasteiger partial charge on any atom is -0.496 e. The molecule has 1 aliphatic carbocycles. The van der Waals surface area contributed by atoms with Crippen LogP contribution < -0.4 is 9.47 Å². The second-order valence-electron chi connectivity index (χ2n) is 12.9. The van der Waals surface area contributed by atoms with E-state index in [0.29, 0.717) is 68.6 Å². The summed E-state index contributed by atoms with van der Waals surface area (Å²) in [7, 11) is 3.22. The number of halogens is 2. The Hall–Kier alpha value is -3.56. The van der Waals surface area contributed by atoms with Crippen molar-refractivity contribution in [3.8, 4) is 34.0 Å². The van der Waals surface area contributed by atoms with Crippen LogP contribution in [-0.2, 0) is 25.8 Å². The lowest BCUT2D eigenvalue weighted by Gasteiger charge is -2.40. The highest BCUT2D eigenvalue weighted by Gasteiger charge is 2.39. The predicted octanol–water partition coefficient (Wildman–Crippen LogP) is 7.43. The van der Waals surface area contributed by atoms with Gasteiger partial charge >= 0.3 is 0 Å². The van der Waals surface area contributed by atoms with Gasteiger partial charge in [0.25, 0.3) is 0 Å². The van der Waals surface area contributed by atoms with Crippen LogP contribution in [0.4, 0.5) is 0 Å².